The Morgan fingerprint density at radius 3 is 2.52 bits per heavy atom. The largest absolute Gasteiger partial charge is 0.354 e. The van der Waals surface area contributed by atoms with Gasteiger partial charge in [0.25, 0.3) is 0 Å². The predicted molar refractivity (Wildman–Crippen MR) is 124 cm³/mol. The van der Waals surface area contributed by atoms with E-state index in [1.807, 2.05) is 4.90 Å². The van der Waals surface area contributed by atoms with Gasteiger partial charge in [-0.05, 0) is 32.1 Å². The number of hydrogen-bond donors (Lipinski definition) is 2. The molecule has 0 radical (unpaired) electrons. The molecule has 0 saturated carbocycles. The maximum atomic E-state index is 12.5. The van der Waals surface area contributed by atoms with Gasteiger partial charge >= 0.3 is 0 Å². The third-order valence-electron chi connectivity index (χ3n) is 5.04. The Balaban J connectivity index is 0.00000364. The topological polar surface area (TPSA) is 69.6 Å². The first-order valence-electron chi connectivity index (χ1n) is 9.80. The highest BCUT2D eigenvalue weighted by atomic mass is 127. The van der Waals surface area contributed by atoms with Crippen LogP contribution in [0.2, 0.25) is 0 Å². The first kappa shape index (κ1) is 24.1. The van der Waals surface area contributed by atoms with E-state index in [1.54, 1.807) is 18.4 Å². The summed E-state index contributed by atoms with van der Waals surface area (Å²) in [4.78, 5) is 23.4. The van der Waals surface area contributed by atoms with E-state index in [2.05, 4.69) is 46.8 Å². The second-order valence-corrected chi connectivity index (χ2v) is 7.71. The van der Waals surface area contributed by atoms with Gasteiger partial charge < -0.3 is 15.5 Å². The highest BCUT2D eigenvalue weighted by molar-refractivity contribution is 14.0. The predicted octanol–water partition coefficient (Wildman–Crippen LogP) is 3.42. The summed E-state index contributed by atoms with van der Waals surface area (Å²) in [5.74, 6) is 1.31. The van der Waals surface area contributed by atoms with Crippen LogP contribution in [0, 0.1) is 5.92 Å². The van der Waals surface area contributed by atoms with E-state index in [1.165, 1.54) is 5.01 Å². The Kier molecular flexibility index (Phi) is 11.2. The number of likely N-dealkylation sites (tertiary alicyclic amines) is 1. The average molecular weight is 507 g/mol. The van der Waals surface area contributed by atoms with Crippen LogP contribution in [-0.2, 0) is 17.8 Å². The minimum atomic E-state index is 0. The van der Waals surface area contributed by atoms with Gasteiger partial charge in [0.15, 0.2) is 5.96 Å². The lowest BCUT2D eigenvalue weighted by Gasteiger charge is -2.34. The van der Waals surface area contributed by atoms with Crippen LogP contribution in [0.4, 0.5) is 0 Å². The number of carbonyl (C=O) groups excluding carboxylic acids is 1. The summed E-state index contributed by atoms with van der Waals surface area (Å²) < 4.78 is 0. The third-order valence-corrected chi connectivity index (χ3v) is 6.09. The molecule has 2 rings (SSSR count). The van der Waals surface area contributed by atoms with Gasteiger partial charge in [0.2, 0.25) is 5.91 Å². The molecule has 0 aliphatic carbocycles. The van der Waals surface area contributed by atoms with E-state index in [0.717, 1.165) is 56.8 Å². The molecule has 0 atom stereocenters. The lowest BCUT2D eigenvalue weighted by atomic mass is 9.98. The number of guanidine groups is 1. The minimum absolute atomic E-state index is 0. The molecule has 0 bridgehead atoms. The van der Waals surface area contributed by atoms with Crippen molar-refractivity contribution in [3.8, 4) is 0 Å². The van der Waals surface area contributed by atoms with Crippen LogP contribution in [0.1, 0.15) is 57.2 Å². The normalized spacial score (nSPS) is 15.6. The van der Waals surface area contributed by atoms with Gasteiger partial charge in [0.05, 0.1) is 17.2 Å². The van der Waals surface area contributed by atoms with Crippen LogP contribution >= 0.6 is 35.3 Å². The first-order valence-corrected chi connectivity index (χ1v) is 10.7. The lowest BCUT2D eigenvalue weighted by Crippen LogP contribution is -2.50. The zero-order chi connectivity index (χ0) is 18.9. The summed E-state index contributed by atoms with van der Waals surface area (Å²) in [6, 6.07) is 0.355. The summed E-state index contributed by atoms with van der Waals surface area (Å²) in [5.41, 5.74) is 1.06. The molecule has 27 heavy (non-hydrogen) atoms. The van der Waals surface area contributed by atoms with Crippen LogP contribution in [0.15, 0.2) is 10.4 Å². The number of nitrogens with one attached hydrogen (secondary N) is 2. The van der Waals surface area contributed by atoms with Crippen LogP contribution < -0.4 is 10.6 Å². The van der Waals surface area contributed by atoms with Gasteiger partial charge in [-0.15, -0.1) is 35.3 Å². The Morgan fingerprint density at radius 1 is 1.33 bits per heavy atom. The zero-order valence-corrected chi connectivity index (χ0v) is 20.1. The van der Waals surface area contributed by atoms with Gasteiger partial charge in [0, 0.05) is 37.5 Å². The Hall–Kier alpha value is -0.900. The van der Waals surface area contributed by atoms with Crippen LogP contribution in [0.5, 0.6) is 0 Å². The number of piperidine rings is 1. The minimum Gasteiger partial charge on any atom is -0.354 e. The number of aryl methyl sites for hydroxylation is 1. The van der Waals surface area contributed by atoms with Crippen molar-refractivity contribution in [3.63, 3.8) is 0 Å². The van der Waals surface area contributed by atoms with E-state index in [0.29, 0.717) is 18.5 Å². The fraction of sp³-hybridized carbons (Fsp3) is 0.737. The highest BCUT2D eigenvalue weighted by Crippen LogP contribution is 2.17. The number of aliphatic imine (C=N–C) groups is 1. The summed E-state index contributed by atoms with van der Waals surface area (Å²) in [7, 11) is 1.79. The molecule has 1 aromatic heterocycles. The van der Waals surface area contributed by atoms with Gasteiger partial charge in [-0.1, -0.05) is 20.8 Å². The second-order valence-electron chi connectivity index (χ2n) is 6.77. The molecule has 8 heteroatoms. The molecule has 1 aliphatic rings. The van der Waals surface area contributed by atoms with Crippen molar-refractivity contribution in [1.82, 2.24) is 20.5 Å². The van der Waals surface area contributed by atoms with Crippen molar-refractivity contribution >= 4 is 47.2 Å². The molecule has 0 spiro atoms. The molecule has 2 heterocycles. The molecule has 0 unspecified atom stereocenters. The molecule has 1 saturated heterocycles. The van der Waals surface area contributed by atoms with Crippen molar-refractivity contribution in [3.05, 3.63) is 16.1 Å². The van der Waals surface area contributed by atoms with Crippen molar-refractivity contribution < 1.29 is 4.79 Å². The van der Waals surface area contributed by atoms with E-state index in [4.69, 9.17) is 0 Å². The number of carbonyl (C=O) groups is 1. The third kappa shape index (κ3) is 7.21. The van der Waals surface area contributed by atoms with E-state index in [9.17, 15) is 4.79 Å². The molecular formula is C19H34IN5OS. The molecule has 0 aromatic carbocycles. The van der Waals surface area contributed by atoms with Crippen molar-refractivity contribution in [2.45, 2.75) is 65.5 Å². The summed E-state index contributed by atoms with van der Waals surface area (Å²) in [6.45, 7) is 8.66. The fourth-order valence-electron chi connectivity index (χ4n) is 3.30. The van der Waals surface area contributed by atoms with Gasteiger partial charge in [0.1, 0.15) is 0 Å². The summed E-state index contributed by atoms with van der Waals surface area (Å²) in [6.07, 6.45) is 4.76. The van der Waals surface area contributed by atoms with Crippen molar-refractivity contribution in [2.24, 2.45) is 10.9 Å². The van der Waals surface area contributed by atoms with Crippen LogP contribution in [0.3, 0.4) is 0 Å². The standard InChI is InChI=1S/C19H33N5OS.HI/c1-5-14(6-2)18(25)24-10-8-15(9-11-24)23-19(20-4)21-12-16-13-26-17(7-3)22-16;/h13-15H,5-12H2,1-4H3,(H2,20,21,23);1H. The fourth-order valence-corrected chi connectivity index (χ4v) is 4.04. The molecule has 1 aromatic rings. The summed E-state index contributed by atoms with van der Waals surface area (Å²) >= 11 is 1.70. The van der Waals surface area contributed by atoms with Crippen LogP contribution in [0.25, 0.3) is 0 Å². The second kappa shape index (κ2) is 12.5. The van der Waals surface area contributed by atoms with Gasteiger partial charge in [-0.3, -0.25) is 9.79 Å². The molecule has 154 valence electrons. The summed E-state index contributed by atoms with van der Waals surface area (Å²) in [5, 5.41) is 10.1. The molecule has 6 nitrogen and oxygen atoms in total. The number of thiazole rings is 1. The highest BCUT2D eigenvalue weighted by Gasteiger charge is 2.26. The quantitative estimate of drug-likeness (QED) is 0.337. The molecule has 1 amide bonds. The van der Waals surface area contributed by atoms with Crippen molar-refractivity contribution in [2.75, 3.05) is 20.1 Å². The smallest absolute Gasteiger partial charge is 0.225 e. The lowest BCUT2D eigenvalue weighted by molar-refractivity contribution is -0.136. The van der Waals surface area contributed by atoms with E-state index in [-0.39, 0.29) is 29.9 Å². The Morgan fingerprint density at radius 2 is 2.00 bits per heavy atom. The molecule has 1 fully saturated rings. The first-order chi connectivity index (χ1) is 12.6. The van der Waals surface area contributed by atoms with E-state index >= 15 is 0 Å². The number of amides is 1. The Bertz CT molecular complexity index is 595. The van der Waals surface area contributed by atoms with E-state index < -0.39 is 0 Å². The monoisotopic (exact) mass is 507 g/mol. The van der Waals surface area contributed by atoms with Crippen molar-refractivity contribution in [1.29, 1.82) is 0 Å². The number of aromatic nitrogens is 1. The maximum absolute atomic E-state index is 12.5. The van der Waals surface area contributed by atoms with Gasteiger partial charge in [-0.2, -0.15) is 0 Å². The number of rotatable bonds is 7. The molecular weight excluding hydrogens is 473 g/mol. The number of hydrogen-bond acceptors (Lipinski definition) is 4. The average Bonchev–Trinajstić information content (AvgIpc) is 3.14. The molecule has 2 N–H and O–H groups in total. The SMILES string of the molecule is CCc1nc(CNC(=NC)NC2CCN(C(=O)C(CC)CC)CC2)cs1.I. The number of nitrogens with zero attached hydrogens (tertiary/aromatic N) is 3. The van der Waals surface area contributed by atoms with Crippen LogP contribution in [-0.4, -0.2) is 47.9 Å². The maximum Gasteiger partial charge on any atom is 0.225 e. The zero-order valence-electron chi connectivity index (χ0n) is 17.0. The molecule has 1 aliphatic heterocycles. The van der Waals surface area contributed by atoms with Gasteiger partial charge in [-0.25, -0.2) is 4.98 Å². The number of halogens is 1. The Labute approximate surface area is 184 Å².